The molecule has 0 spiro atoms. The lowest BCUT2D eigenvalue weighted by molar-refractivity contribution is 0.483. The Morgan fingerprint density at radius 3 is 1.22 bits per heavy atom. The van der Waals surface area contributed by atoms with Crippen LogP contribution in [0, 0.1) is 0 Å². The van der Waals surface area contributed by atoms with Crippen LogP contribution in [-0.4, -0.2) is 13.7 Å². The number of ether oxygens (including phenoxy) is 2. The second-order valence-corrected chi connectivity index (χ2v) is 16.5. The lowest BCUT2D eigenvalue weighted by atomic mass is 10.0. The molecule has 0 radical (unpaired) electrons. The number of benzene rings is 10. The lowest BCUT2D eigenvalue weighted by Crippen LogP contribution is -1.96. The number of hydrogen-bond acceptors (Lipinski definition) is 2. The number of hydrogen-bond donors (Lipinski definition) is 0. The van der Waals surface area contributed by atoms with Gasteiger partial charge in [-0.05, 0) is 139 Å². The maximum Gasteiger partial charge on any atom is 0.128 e. The lowest BCUT2D eigenvalue weighted by Gasteiger charge is -2.11. The van der Waals surface area contributed by atoms with Gasteiger partial charge in [-0.1, -0.05) is 109 Å². The van der Waals surface area contributed by atoms with E-state index < -0.39 is 0 Å². The molecule has 0 saturated carbocycles. The van der Waals surface area contributed by atoms with Crippen molar-refractivity contribution in [2.75, 3.05) is 0 Å². The van der Waals surface area contributed by atoms with Gasteiger partial charge in [0.05, 0.1) is 33.1 Å². The smallest absolute Gasteiger partial charge is 0.128 e. The minimum atomic E-state index is 0.795. The van der Waals surface area contributed by atoms with Crippen molar-refractivity contribution >= 4 is 65.4 Å². The predicted molar refractivity (Wildman–Crippen MR) is 268 cm³/mol. The van der Waals surface area contributed by atoms with Crippen molar-refractivity contribution in [1.82, 2.24) is 13.7 Å². The van der Waals surface area contributed by atoms with Gasteiger partial charge < -0.3 is 23.2 Å². The van der Waals surface area contributed by atoms with E-state index in [2.05, 4.69) is 190 Å². The normalized spacial score (nSPS) is 11.7. The summed E-state index contributed by atoms with van der Waals surface area (Å²) in [4.78, 5) is 0. The van der Waals surface area contributed by atoms with Crippen LogP contribution in [0.15, 0.2) is 237 Å². The van der Waals surface area contributed by atoms with Gasteiger partial charge in [-0.15, -0.1) is 0 Å². The highest BCUT2D eigenvalue weighted by atomic mass is 16.5. The monoisotopic (exact) mass is 833 g/mol. The van der Waals surface area contributed by atoms with Crippen LogP contribution >= 0.6 is 0 Å². The van der Waals surface area contributed by atoms with Crippen LogP contribution in [0.3, 0.4) is 0 Å². The number of rotatable bonds is 8. The summed E-state index contributed by atoms with van der Waals surface area (Å²) in [5.74, 6) is 3.21. The van der Waals surface area contributed by atoms with Crippen molar-refractivity contribution in [2.45, 2.75) is 0 Å². The maximum absolute atomic E-state index is 6.42. The molecule has 0 unspecified atom stereocenters. The molecule has 10 aromatic carbocycles. The summed E-state index contributed by atoms with van der Waals surface area (Å²) in [6.45, 7) is 0. The van der Waals surface area contributed by atoms with E-state index >= 15 is 0 Å². The van der Waals surface area contributed by atoms with E-state index in [0.717, 1.165) is 94.8 Å². The van der Waals surface area contributed by atoms with Crippen LogP contribution in [0.25, 0.3) is 93.6 Å². The van der Waals surface area contributed by atoms with Crippen LogP contribution in [0.1, 0.15) is 0 Å². The van der Waals surface area contributed by atoms with Crippen molar-refractivity contribution in [3.63, 3.8) is 0 Å². The molecule has 0 atom stereocenters. The molecule has 0 aliphatic heterocycles. The summed E-state index contributed by atoms with van der Waals surface area (Å²) in [6, 6.07) is 83.4. The zero-order chi connectivity index (χ0) is 42.8. The van der Waals surface area contributed by atoms with Gasteiger partial charge in [0.1, 0.15) is 23.0 Å². The van der Waals surface area contributed by atoms with Crippen LogP contribution < -0.4 is 9.47 Å². The molecule has 0 saturated heterocycles. The second kappa shape index (κ2) is 14.9. The molecule has 306 valence electrons. The number of fused-ring (bicyclic) bond motifs is 9. The molecule has 3 aromatic heterocycles. The van der Waals surface area contributed by atoms with E-state index in [1.807, 2.05) is 60.7 Å². The summed E-state index contributed by atoms with van der Waals surface area (Å²) in [6.07, 6.45) is 0. The molecule has 0 aliphatic carbocycles. The predicted octanol–water partition coefficient (Wildman–Crippen LogP) is 16.2. The first-order valence-electron chi connectivity index (χ1n) is 22.0. The van der Waals surface area contributed by atoms with Crippen LogP contribution in [-0.2, 0) is 0 Å². The van der Waals surface area contributed by atoms with Gasteiger partial charge in [0.15, 0.2) is 0 Å². The van der Waals surface area contributed by atoms with Crippen molar-refractivity contribution in [1.29, 1.82) is 0 Å². The molecule has 65 heavy (non-hydrogen) atoms. The number of aromatic nitrogens is 3. The van der Waals surface area contributed by atoms with Crippen molar-refractivity contribution in [2.24, 2.45) is 0 Å². The van der Waals surface area contributed by atoms with E-state index in [1.54, 1.807) is 0 Å². The summed E-state index contributed by atoms with van der Waals surface area (Å²) in [7, 11) is 0. The summed E-state index contributed by atoms with van der Waals surface area (Å²) in [5.41, 5.74) is 12.4. The fourth-order valence-corrected chi connectivity index (χ4v) is 9.83. The highest BCUT2D eigenvalue weighted by molar-refractivity contribution is 6.14. The summed E-state index contributed by atoms with van der Waals surface area (Å²) >= 11 is 0. The van der Waals surface area contributed by atoms with Gasteiger partial charge in [-0.2, -0.15) is 0 Å². The third-order valence-electron chi connectivity index (χ3n) is 12.7. The fraction of sp³-hybridized carbons (Fsp3) is 0. The number of para-hydroxylation sites is 5. The van der Waals surface area contributed by atoms with E-state index in [1.165, 1.54) is 21.8 Å². The Labute approximate surface area is 374 Å². The summed E-state index contributed by atoms with van der Waals surface area (Å²) < 4.78 is 19.9. The van der Waals surface area contributed by atoms with E-state index in [-0.39, 0.29) is 0 Å². The average molecular weight is 834 g/mol. The first-order valence-corrected chi connectivity index (χ1v) is 22.0. The quantitative estimate of drug-likeness (QED) is 0.153. The van der Waals surface area contributed by atoms with Crippen LogP contribution in [0.5, 0.6) is 23.0 Å². The Balaban J connectivity index is 1.01. The van der Waals surface area contributed by atoms with E-state index in [4.69, 9.17) is 9.47 Å². The Morgan fingerprint density at radius 1 is 0.215 bits per heavy atom. The molecule has 0 N–H and O–H groups in total. The van der Waals surface area contributed by atoms with Crippen LogP contribution in [0.2, 0.25) is 0 Å². The van der Waals surface area contributed by atoms with Crippen molar-refractivity contribution < 1.29 is 9.47 Å². The number of nitrogens with zero attached hydrogens (tertiary/aromatic N) is 3. The standard InChI is InChI=1S/C60H39N3O2/c1-5-15-42(16-6-1)61-55-24-14-13-23-49(55)52-37-44(27-32-57(52)61)63-58-33-28-47(64-45-19-9-3-10-20-45)38-53(58)50-30-25-41(36-60(50)63)40-26-31-56-51(35-40)54-39-48(65-46-21-11-4-12-22-46)29-34-59(54)62(56)43-17-7-2-8-18-43/h1-39H. The minimum Gasteiger partial charge on any atom is -0.457 e. The first-order chi connectivity index (χ1) is 32.2. The van der Waals surface area contributed by atoms with Crippen LogP contribution in [0.4, 0.5) is 0 Å². The molecule has 0 aliphatic rings. The van der Waals surface area contributed by atoms with Gasteiger partial charge in [0, 0.05) is 49.4 Å². The fourth-order valence-electron chi connectivity index (χ4n) is 9.83. The Morgan fingerprint density at radius 2 is 0.615 bits per heavy atom. The highest BCUT2D eigenvalue weighted by Gasteiger charge is 2.20. The van der Waals surface area contributed by atoms with Gasteiger partial charge >= 0.3 is 0 Å². The molecule has 5 nitrogen and oxygen atoms in total. The van der Waals surface area contributed by atoms with Gasteiger partial charge in [-0.3, -0.25) is 0 Å². The van der Waals surface area contributed by atoms with Crippen molar-refractivity contribution in [3.05, 3.63) is 237 Å². The third-order valence-corrected chi connectivity index (χ3v) is 12.7. The Hall–Kier alpha value is -8.80. The van der Waals surface area contributed by atoms with E-state index in [9.17, 15) is 0 Å². The molecular formula is C60H39N3O2. The maximum atomic E-state index is 6.42. The third kappa shape index (κ3) is 6.16. The van der Waals surface area contributed by atoms with Gasteiger partial charge in [0.25, 0.3) is 0 Å². The molecule has 13 aromatic rings. The summed E-state index contributed by atoms with van der Waals surface area (Å²) in [5, 5.41) is 6.98. The Bertz CT molecular complexity index is 3920. The highest BCUT2D eigenvalue weighted by Crippen LogP contribution is 2.42. The zero-order valence-corrected chi connectivity index (χ0v) is 35.2. The molecule has 13 rings (SSSR count). The van der Waals surface area contributed by atoms with Gasteiger partial charge in [0.2, 0.25) is 0 Å². The van der Waals surface area contributed by atoms with Gasteiger partial charge in [-0.25, -0.2) is 0 Å². The second-order valence-electron chi connectivity index (χ2n) is 16.5. The molecule has 3 heterocycles. The molecule has 5 heteroatoms. The molecule has 0 fully saturated rings. The van der Waals surface area contributed by atoms with E-state index in [0.29, 0.717) is 0 Å². The largest absolute Gasteiger partial charge is 0.457 e. The van der Waals surface area contributed by atoms with Crippen molar-refractivity contribution in [3.8, 4) is 51.2 Å². The zero-order valence-electron chi connectivity index (χ0n) is 35.2. The minimum absolute atomic E-state index is 0.795. The molecule has 0 amide bonds. The first kappa shape index (κ1) is 36.8. The topological polar surface area (TPSA) is 33.2 Å². The average Bonchev–Trinajstić information content (AvgIpc) is 3.99. The molecular weight excluding hydrogens is 795 g/mol. The molecule has 0 bridgehead atoms. The SMILES string of the molecule is c1ccc(Oc2ccc3c(c2)c2cc(-c4ccc5c6cc(Oc7ccccc7)ccc6n(-c6ccc7c(c6)c6ccccc6n7-c6ccccc6)c5c4)ccc2n3-c2ccccc2)cc1. The Kier molecular flexibility index (Phi) is 8.46.